The van der Waals surface area contributed by atoms with Gasteiger partial charge in [-0.15, -0.1) is 0 Å². The Morgan fingerprint density at radius 2 is 1.36 bits per heavy atom. The quantitative estimate of drug-likeness (QED) is 0.0546. The summed E-state index contributed by atoms with van der Waals surface area (Å²) in [6.07, 6.45) is -13.6. The van der Waals surface area contributed by atoms with Gasteiger partial charge >= 0.3 is 0 Å². The van der Waals surface area contributed by atoms with E-state index in [4.69, 9.17) is 14.9 Å². The van der Waals surface area contributed by atoms with Crippen LogP contribution in [0, 0.1) is 0 Å². The zero-order chi connectivity index (χ0) is 31.6. The van der Waals surface area contributed by atoms with Crippen LogP contribution < -0.4 is 9.64 Å². The van der Waals surface area contributed by atoms with Crippen molar-refractivity contribution in [2.45, 2.75) is 82.6 Å². The third-order valence-corrected chi connectivity index (χ3v) is 7.68. The lowest BCUT2D eigenvalue weighted by Gasteiger charge is -2.33. The second-order valence-electron chi connectivity index (χ2n) is 10.7. The van der Waals surface area contributed by atoms with Gasteiger partial charge < -0.3 is 55.8 Å². The normalized spacial score (nSPS) is 19.6. The molecule has 0 saturated heterocycles. The van der Waals surface area contributed by atoms with Gasteiger partial charge in [0.1, 0.15) is 54.6 Å². The number of hydrogen-bond donors (Lipinski definition) is 10. The van der Waals surface area contributed by atoms with E-state index >= 15 is 0 Å². The van der Waals surface area contributed by atoms with Gasteiger partial charge in [-0.25, -0.2) is 4.90 Å². The fourth-order valence-corrected chi connectivity index (χ4v) is 5.03. The first-order valence-electron chi connectivity index (χ1n) is 14.4. The first kappa shape index (κ1) is 36.2. The van der Waals surface area contributed by atoms with E-state index in [1.54, 1.807) is 0 Å². The van der Waals surface area contributed by atoms with E-state index in [-0.39, 0.29) is 26.2 Å². The molecule has 242 valence electrons. The first-order valence-corrected chi connectivity index (χ1v) is 14.4. The van der Waals surface area contributed by atoms with Crippen LogP contribution in [-0.4, -0.2) is 168 Å². The zero-order valence-electron chi connectivity index (χ0n) is 24.6. The fraction of sp³-hybridized carbons (Fsp3) is 0.750. The number of aliphatic hydroxyl groups excluding tert-OH is 10. The van der Waals surface area contributed by atoms with Gasteiger partial charge in [0, 0.05) is 38.2 Å². The second-order valence-corrected chi connectivity index (χ2v) is 10.7. The smallest absolute Gasteiger partial charge is 0.249 e. The minimum absolute atomic E-state index is 0.176. The highest BCUT2D eigenvalue weighted by Gasteiger charge is 2.34. The summed E-state index contributed by atoms with van der Waals surface area (Å²) < 4.78 is 8.27. The number of hydrogen-bond acceptors (Lipinski definition) is 13. The minimum atomic E-state index is -1.84. The zero-order valence-corrected chi connectivity index (χ0v) is 24.6. The van der Waals surface area contributed by atoms with Crippen molar-refractivity contribution in [1.82, 2.24) is 4.90 Å². The van der Waals surface area contributed by atoms with Gasteiger partial charge in [0.25, 0.3) is 0 Å². The van der Waals surface area contributed by atoms with Gasteiger partial charge in [0.05, 0.1) is 45.1 Å². The van der Waals surface area contributed by atoms with Crippen LogP contribution in [0.15, 0.2) is 18.2 Å². The number of fused-ring (bicyclic) bond motifs is 1. The molecule has 10 N–H and O–H groups in total. The van der Waals surface area contributed by atoms with Crippen molar-refractivity contribution < 1.29 is 60.4 Å². The van der Waals surface area contributed by atoms with Crippen LogP contribution in [0.5, 0.6) is 5.75 Å². The molecule has 0 radical (unpaired) electrons. The SMILES string of the molecule is CCN1C(C)=[N+](CC)Cc2ccc(OCCCN(C[C@H](O)[C@@H](O)[C@H](O)[C@H](O)CO)C[C@H](O)[C@@H](O)[C@H](O)[C@H](O)CO)cc21. The summed E-state index contributed by atoms with van der Waals surface area (Å²) >= 11 is 0. The summed E-state index contributed by atoms with van der Waals surface area (Å²) in [6, 6.07) is 5.90. The standard InChI is InChI=1S/C28H50N3O11/c1-4-30-12-18-7-8-19(11-20(18)31(5-2)17(30)3)42-10-6-9-29(13-21(34)25(38)27(40)23(36)15-32)14-22(35)26(39)28(41)24(37)16-33/h7-8,11,21-28,32-41H,4-6,9-10,12-16H2,1-3H3/q+1/t21-,22-,23+,24+,25+,26+,27+,28+/m0/s1. The lowest BCUT2D eigenvalue weighted by atomic mass is 10.0. The van der Waals surface area contributed by atoms with Gasteiger partial charge in [0.15, 0.2) is 0 Å². The number of anilines is 1. The molecule has 0 fully saturated rings. The molecular formula is C28H50N3O11+. The Kier molecular flexibility index (Phi) is 15.0. The van der Waals surface area contributed by atoms with Crippen molar-refractivity contribution >= 4 is 11.5 Å². The van der Waals surface area contributed by atoms with Crippen molar-refractivity contribution in [2.24, 2.45) is 0 Å². The Morgan fingerprint density at radius 3 is 1.83 bits per heavy atom. The largest absolute Gasteiger partial charge is 0.493 e. The monoisotopic (exact) mass is 604 g/mol. The summed E-state index contributed by atoms with van der Waals surface area (Å²) in [6.45, 7) is 6.86. The number of rotatable bonds is 19. The van der Waals surface area contributed by atoms with E-state index in [1.165, 1.54) is 10.5 Å². The van der Waals surface area contributed by atoms with Crippen LogP contribution in [0.25, 0.3) is 0 Å². The summed E-state index contributed by atoms with van der Waals surface area (Å²) in [5, 5.41) is 98.7. The van der Waals surface area contributed by atoms with E-state index in [0.717, 1.165) is 31.2 Å². The molecule has 1 aliphatic heterocycles. The summed E-state index contributed by atoms with van der Waals surface area (Å²) in [4.78, 5) is 3.67. The summed E-state index contributed by atoms with van der Waals surface area (Å²) in [5.74, 6) is 1.82. The van der Waals surface area contributed by atoms with Gasteiger partial charge in [-0.2, -0.15) is 0 Å². The van der Waals surface area contributed by atoms with Crippen LogP contribution in [-0.2, 0) is 6.54 Å². The van der Waals surface area contributed by atoms with E-state index < -0.39 is 62.0 Å². The summed E-state index contributed by atoms with van der Waals surface area (Å²) in [5.41, 5.74) is 2.25. The fourth-order valence-electron chi connectivity index (χ4n) is 5.03. The van der Waals surface area contributed by atoms with Crippen molar-refractivity contribution in [2.75, 3.05) is 57.4 Å². The van der Waals surface area contributed by atoms with Crippen LogP contribution in [0.4, 0.5) is 5.69 Å². The van der Waals surface area contributed by atoms with Crippen molar-refractivity contribution in [1.29, 1.82) is 0 Å². The molecule has 1 aromatic rings. The number of aliphatic hydroxyl groups is 10. The Morgan fingerprint density at radius 1 is 0.833 bits per heavy atom. The van der Waals surface area contributed by atoms with Gasteiger partial charge in [0.2, 0.25) is 5.84 Å². The molecule has 0 amide bonds. The predicted octanol–water partition coefficient (Wildman–Crippen LogP) is -3.58. The molecule has 0 spiro atoms. The van der Waals surface area contributed by atoms with Crippen LogP contribution >= 0.6 is 0 Å². The summed E-state index contributed by atoms with van der Waals surface area (Å²) in [7, 11) is 0. The highest BCUT2D eigenvalue weighted by Crippen LogP contribution is 2.30. The molecule has 42 heavy (non-hydrogen) atoms. The van der Waals surface area contributed by atoms with Gasteiger partial charge in [-0.3, -0.25) is 9.48 Å². The molecule has 1 heterocycles. The third kappa shape index (κ3) is 9.53. The Bertz CT molecular complexity index is 954. The van der Waals surface area contributed by atoms with Crippen molar-refractivity contribution in [3.63, 3.8) is 0 Å². The second kappa shape index (κ2) is 17.4. The number of ether oxygens (including phenoxy) is 1. The Labute approximate surface area is 246 Å². The molecular weight excluding hydrogens is 554 g/mol. The maximum Gasteiger partial charge on any atom is 0.249 e. The highest BCUT2D eigenvalue weighted by atomic mass is 16.5. The van der Waals surface area contributed by atoms with Crippen LogP contribution in [0.3, 0.4) is 0 Å². The molecule has 2 rings (SSSR count). The van der Waals surface area contributed by atoms with E-state index in [2.05, 4.69) is 30.2 Å². The Hall–Kier alpha value is -1.95. The number of benzene rings is 1. The predicted molar refractivity (Wildman–Crippen MR) is 153 cm³/mol. The number of nitrogens with zero attached hydrogens (tertiary/aromatic N) is 3. The molecule has 0 bridgehead atoms. The van der Waals surface area contributed by atoms with Crippen LogP contribution in [0.2, 0.25) is 0 Å². The van der Waals surface area contributed by atoms with Crippen molar-refractivity contribution in [3.05, 3.63) is 23.8 Å². The average Bonchev–Trinajstić information content (AvgIpc) is 3.00. The molecule has 14 heteroatoms. The maximum atomic E-state index is 10.5. The van der Waals surface area contributed by atoms with E-state index in [1.807, 2.05) is 18.2 Å². The molecule has 0 unspecified atom stereocenters. The average molecular weight is 605 g/mol. The molecule has 14 nitrogen and oxygen atoms in total. The van der Waals surface area contributed by atoms with Crippen molar-refractivity contribution in [3.8, 4) is 5.75 Å². The molecule has 0 saturated carbocycles. The lowest BCUT2D eigenvalue weighted by Crippen LogP contribution is -2.53. The molecule has 1 aliphatic rings. The molecule has 8 atom stereocenters. The first-order chi connectivity index (χ1) is 19.9. The Balaban J connectivity index is 2.07. The molecule has 1 aromatic carbocycles. The van der Waals surface area contributed by atoms with E-state index in [9.17, 15) is 40.9 Å². The third-order valence-electron chi connectivity index (χ3n) is 7.68. The van der Waals surface area contributed by atoms with Gasteiger partial charge in [-0.05, 0) is 32.4 Å². The lowest BCUT2D eigenvalue weighted by molar-refractivity contribution is -0.543. The molecule has 0 aliphatic carbocycles. The van der Waals surface area contributed by atoms with E-state index in [0.29, 0.717) is 12.2 Å². The van der Waals surface area contributed by atoms with Gasteiger partial charge in [-0.1, -0.05) is 0 Å². The minimum Gasteiger partial charge on any atom is -0.493 e. The highest BCUT2D eigenvalue weighted by molar-refractivity contribution is 5.94. The van der Waals surface area contributed by atoms with Crippen LogP contribution in [0.1, 0.15) is 32.8 Å². The number of amidine groups is 1. The molecule has 0 aromatic heterocycles. The topological polar surface area (TPSA) is 221 Å². The maximum absolute atomic E-state index is 10.5.